The number of likely N-dealkylation sites (tertiary alicyclic amines) is 1. The molecule has 1 saturated heterocycles. The highest BCUT2D eigenvalue weighted by Gasteiger charge is 2.20. The molecule has 1 N–H and O–H groups in total. The molecule has 4 nitrogen and oxygen atoms in total. The first-order valence-corrected chi connectivity index (χ1v) is 6.74. The molecule has 1 unspecified atom stereocenters. The van der Waals surface area contributed by atoms with E-state index in [2.05, 4.69) is 17.3 Å². The average Bonchev–Trinajstić information content (AvgIpc) is 2.31. The van der Waals surface area contributed by atoms with Gasteiger partial charge < -0.3 is 14.8 Å². The monoisotopic (exact) mass is 249 g/mol. The molecule has 2 rings (SSSR count). The van der Waals surface area contributed by atoms with Crippen molar-refractivity contribution in [1.82, 2.24) is 9.47 Å². The molecule has 1 aromatic rings. The molecule has 1 aromatic heterocycles. The van der Waals surface area contributed by atoms with Gasteiger partial charge in [-0.25, -0.2) is 0 Å². The summed E-state index contributed by atoms with van der Waals surface area (Å²) in [5.41, 5.74) is 0.812. The third-order valence-corrected chi connectivity index (χ3v) is 3.41. The van der Waals surface area contributed by atoms with Gasteiger partial charge in [0.2, 0.25) is 0 Å². The molecule has 0 spiro atoms. The van der Waals surface area contributed by atoms with Crippen LogP contribution < -0.4 is 10.9 Å². The Labute approximate surface area is 109 Å². The Morgan fingerprint density at radius 2 is 2.22 bits per heavy atom. The second kappa shape index (κ2) is 5.57. The maximum absolute atomic E-state index is 12.4. The molecule has 0 radical (unpaired) electrons. The minimum Gasteiger partial charge on any atom is -0.378 e. The quantitative estimate of drug-likeness (QED) is 0.889. The molecule has 2 heterocycles. The Kier molecular flexibility index (Phi) is 4.07. The predicted octanol–water partition coefficient (Wildman–Crippen LogP) is 1.94. The highest BCUT2D eigenvalue weighted by molar-refractivity contribution is 5.41. The minimum absolute atomic E-state index is 0.103. The molecule has 0 aromatic carbocycles. The minimum atomic E-state index is 0.103. The second-order valence-corrected chi connectivity index (χ2v) is 5.49. The van der Waals surface area contributed by atoms with Crippen molar-refractivity contribution in [3.8, 4) is 0 Å². The maximum atomic E-state index is 12.4. The van der Waals surface area contributed by atoms with Crippen LogP contribution in [0, 0.1) is 0 Å². The van der Waals surface area contributed by atoms with E-state index in [0.717, 1.165) is 25.9 Å². The van der Waals surface area contributed by atoms with E-state index in [4.69, 9.17) is 0 Å². The molecule has 0 bridgehead atoms. The molecule has 0 aliphatic carbocycles. The van der Waals surface area contributed by atoms with Crippen molar-refractivity contribution in [2.24, 2.45) is 0 Å². The highest BCUT2D eigenvalue weighted by Crippen LogP contribution is 2.19. The zero-order valence-corrected chi connectivity index (χ0v) is 11.5. The Morgan fingerprint density at radius 1 is 1.44 bits per heavy atom. The van der Waals surface area contributed by atoms with Crippen LogP contribution in [0.4, 0.5) is 5.69 Å². The lowest BCUT2D eigenvalue weighted by Gasteiger charge is -2.31. The lowest BCUT2D eigenvalue weighted by Crippen LogP contribution is -2.38. The first-order chi connectivity index (χ1) is 8.58. The van der Waals surface area contributed by atoms with Gasteiger partial charge in [-0.15, -0.1) is 0 Å². The molecule has 4 heteroatoms. The van der Waals surface area contributed by atoms with Crippen LogP contribution in [0.5, 0.6) is 0 Å². The summed E-state index contributed by atoms with van der Waals surface area (Å²) in [6.07, 6.45) is 4.17. The molecule has 1 aliphatic heterocycles. The van der Waals surface area contributed by atoms with Crippen LogP contribution in [0.15, 0.2) is 23.1 Å². The largest absolute Gasteiger partial charge is 0.378 e. The Balaban J connectivity index is 2.25. The van der Waals surface area contributed by atoms with Crippen LogP contribution in [0.2, 0.25) is 0 Å². The van der Waals surface area contributed by atoms with Crippen molar-refractivity contribution < 1.29 is 0 Å². The van der Waals surface area contributed by atoms with Crippen molar-refractivity contribution in [2.45, 2.75) is 38.8 Å². The third-order valence-electron chi connectivity index (χ3n) is 3.41. The van der Waals surface area contributed by atoms with E-state index in [1.807, 2.05) is 36.7 Å². The van der Waals surface area contributed by atoms with Gasteiger partial charge in [0, 0.05) is 24.8 Å². The predicted molar refractivity (Wildman–Crippen MR) is 75.2 cm³/mol. The van der Waals surface area contributed by atoms with Gasteiger partial charge in [-0.2, -0.15) is 0 Å². The van der Waals surface area contributed by atoms with Gasteiger partial charge in [0.1, 0.15) is 5.69 Å². The Morgan fingerprint density at radius 3 is 2.89 bits per heavy atom. The molecular formula is C14H23N3O. The van der Waals surface area contributed by atoms with Crippen LogP contribution in [0.3, 0.4) is 0 Å². The van der Waals surface area contributed by atoms with Gasteiger partial charge in [0.25, 0.3) is 5.56 Å². The maximum Gasteiger partial charge on any atom is 0.274 e. The molecular weight excluding hydrogens is 226 g/mol. The molecule has 0 saturated carbocycles. The van der Waals surface area contributed by atoms with E-state index in [1.54, 1.807) is 0 Å². The fourth-order valence-corrected chi connectivity index (χ4v) is 2.58. The number of pyridine rings is 1. The fraction of sp³-hybridized carbons (Fsp3) is 0.643. The van der Waals surface area contributed by atoms with Crippen molar-refractivity contribution in [2.75, 3.05) is 25.5 Å². The van der Waals surface area contributed by atoms with E-state index in [9.17, 15) is 4.79 Å². The van der Waals surface area contributed by atoms with Crippen LogP contribution in [0.1, 0.15) is 32.7 Å². The van der Waals surface area contributed by atoms with Crippen molar-refractivity contribution in [3.63, 3.8) is 0 Å². The number of nitrogens with zero attached hydrogens (tertiary/aromatic N) is 2. The van der Waals surface area contributed by atoms with E-state index in [1.165, 1.54) is 0 Å². The van der Waals surface area contributed by atoms with Gasteiger partial charge in [0.15, 0.2) is 0 Å². The Bertz CT molecular complexity index is 453. The van der Waals surface area contributed by atoms with Crippen LogP contribution in [-0.4, -0.2) is 35.6 Å². The van der Waals surface area contributed by atoms with Gasteiger partial charge >= 0.3 is 0 Å². The molecule has 0 amide bonds. The zero-order valence-electron chi connectivity index (χ0n) is 11.5. The number of anilines is 1. The standard InChI is InChI=1S/C14H23N3O/c1-11(2)15-13-7-5-9-17(14(13)18)12-6-4-8-16(3)10-12/h5,7,9,11-12,15H,4,6,8,10H2,1-3H3. The summed E-state index contributed by atoms with van der Waals surface area (Å²) in [5.74, 6) is 0. The topological polar surface area (TPSA) is 37.3 Å². The lowest BCUT2D eigenvalue weighted by atomic mass is 10.1. The summed E-state index contributed by atoms with van der Waals surface area (Å²) in [6, 6.07) is 4.42. The summed E-state index contributed by atoms with van der Waals surface area (Å²) in [4.78, 5) is 14.7. The van der Waals surface area contributed by atoms with Crippen molar-refractivity contribution in [1.29, 1.82) is 0 Å². The van der Waals surface area contributed by atoms with E-state index >= 15 is 0 Å². The van der Waals surface area contributed by atoms with Crippen LogP contribution >= 0.6 is 0 Å². The third kappa shape index (κ3) is 2.93. The number of aromatic nitrogens is 1. The molecule has 1 aliphatic rings. The highest BCUT2D eigenvalue weighted by atomic mass is 16.1. The van der Waals surface area contributed by atoms with Gasteiger partial charge in [0.05, 0.1) is 0 Å². The normalized spacial score (nSPS) is 21.2. The first kappa shape index (κ1) is 13.1. The van der Waals surface area contributed by atoms with Gasteiger partial charge in [-0.1, -0.05) is 0 Å². The van der Waals surface area contributed by atoms with E-state index in [0.29, 0.717) is 11.7 Å². The number of hydrogen-bond acceptors (Lipinski definition) is 3. The van der Waals surface area contributed by atoms with Crippen LogP contribution in [0.25, 0.3) is 0 Å². The molecule has 18 heavy (non-hydrogen) atoms. The van der Waals surface area contributed by atoms with Gasteiger partial charge in [-0.3, -0.25) is 4.79 Å². The number of piperidine rings is 1. The van der Waals surface area contributed by atoms with E-state index < -0.39 is 0 Å². The zero-order chi connectivity index (χ0) is 13.1. The van der Waals surface area contributed by atoms with Gasteiger partial charge in [-0.05, 0) is 52.4 Å². The summed E-state index contributed by atoms with van der Waals surface area (Å²) in [7, 11) is 2.12. The fourth-order valence-electron chi connectivity index (χ4n) is 2.58. The molecule has 100 valence electrons. The number of hydrogen-bond donors (Lipinski definition) is 1. The van der Waals surface area contributed by atoms with Crippen LogP contribution in [-0.2, 0) is 0 Å². The number of likely N-dealkylation sites (N-methyl/N-ethyl adjacent to an activating group) is 1. The van der Waals surface area contributed by atoms with Crippen molar-refractivity contribution >= 4 is 5.69 Å². The average molecular weight is 249 g/mol. The second-order valence-electron chi connectivity index (χ2n) is 5.49. The summed E-state index contributed by atoms with van der Waals surface area (Å²) >= 11 is 0. The molecule has 1 atom stereocenters. The summed E-state index contributed by atoms with van der Waals surface area (Å²) < 4.78 is 1.89. The van der Waals surface area contributed by atoms with E-state index in [-0.39, 0.29) is 11.6 Å². The molecule has 1 fully saturated rings. The Hall–Kier alpha value is -1.29. The number of rotatable bonds is 3. The summed E-state index contributed by atoms with van der Waals surface area (Å²) in [6.45, 7) is 6.19. The first-order valence-electron chi connectivity index (χ1n) is 6.74. The SMILES string of the molecule is CC(C)Nc1cccn(C2CCCN(C)C2)c1=O. The smallest absolute Gasteiger partial charge is 0.274 e. The summed E-state index contributed by atoms with van der Waals surface area (Å²) in [5, 5.41) is 3.22. The van der Waals surface area contributed by atoms with Crippen molar-refractivity contribution in [3.05, 3.63) is 28.7 Å². The lowest BCUT2D eigenvalue weighted by molar-refractivity contribution is 0.209. The number of nitrogens with one attached hydrogen (secondary N) is 1.